The third-order valence-corrected chi connectivity index (χ3v) is 5.01. The highest BCUT2D eigenvalue weighted by atomic mass is 19.1. The standard InChI is InChI=1S/C18H17FN6O/c19-13-11-14(12-5-2-1-3-6-12)25-17(13)21-16(22-25)18(26)23-9-4-10-24-15(23)7-8-20-24/h1-3,5-8,13-14H,4,9-11H2. The second-order valence-electron chi connectivity index (χ2n) is 6.59. The van der Waals surface area contributed by atoms with Gasteiger partial charge in [-0.15, -0.1) is 5.10 Å². The predicted octanol–water partition coefficient (Wildman–Crippen LogP) is 2.53. The summed E-state index contributed by atoms with van der Waals surface area (Å²) in [7, 11) is 0. The van der Waals surface area contributed by atoms with Crippen LogP contribution < -0.4 is 4.90 Å². The van der Waals surface area contributed by atoms with Crippen LogP contribution >= 0.6 is 0 Å². The van der Waals surface area contributed by atoms with Gasteiger partial charge in [-0.3, -0.25) is 9.69 Å². The van der Waals surface area contributed by atoms with Crippen LogP contribution in [0.25, 0.3) is 0 Å². The average Bonchev–Trinajstić information content (AvgIpc) is 3.38. The summed E-state index contributed by atoms with van der Waals surface area (Å²) in [6.07, 6.45) is 1.56. The van der Waals surface area contributed by atoms with E-state index in [0.717, 1.165) is 24.3 Å². The van der Waals surface area contributed by atoms with Crippen LogP contribution in [-0.4, -0.2) is 37.0 Å². The van der Waals surface area contributed by atoms with Crippen LogP contribution in [0.4, 0.5) is 10.2 Å². The van der Waals surface area contributed by atoms with E-state index in [1.54, 1.807) is 26.5 Å². The number of benzene rings is 1. The van der Waals surface area contributed by atoms with Gasteiger partial charge in [0.2, 0.25) is 5.82 Å². The molecule has 0 aliphatic carbocycles. The smallest absolute Gasteiger partial charge is 0.290 e. The first-order chi connectivity index (χ1) is 12.7. The molecule has 8 heteroatoms. The molecule has 0 bridgehead atoms. The molecule has 26 heavy (non-hydrogen) atoms. The van der Waals surface area contributed by atoms with Crippen molar-refractivity contribution in [3.05, 3.63) is 59.8 Å². The fourth-order valence-corrected chi connectivity index (χ4v) is 3.77. The molecule has 2 unspecified atom stereocenters. The summed E-state index contributed by atoms with van der Waals surface area (Å²) in [5, 5.41) is 8.59. The fraction of sp³-hybridized carbons (Fsp3) is 0.333. The van der Waals surface area contributed by atoms with Gasteiger partial charge in [0.25, 0.3) is 5.91 Å². The highest BCUT2D eigenvalue weighted by molar-refractivity contribution is 6.03. The minimum atomic E-state index is -1.22. The van der Waals surface area contributed by atoms with Gasteiger partial charge in [0.1, 0.15) is 5.82 Å². The number of anilines is 1. The number of nitrogens with zero attached hydrogens (tertiary/aromatic N) is 6. The van der Waals surface area contributed by atoms with Gasteiger partial charge in [0, 0.05) is 25.6 Å². The fourth-order valence-electron chi connectivity index (χ4n) is 3.77. The van der Waals surface area contributed by atoms with E-state index in [-0.39, 0.29) is 23.6 Å². The van der Waals surface area contributed by atoms with Crippen molar-refractivity contribution in [1.82, 2.24) is 24.5 Å². The Labute approximate surface area is 149 Å². The van der Waals surface area contributed by atoms with Gasteiger partial charge in [-0.05, 0) is 12.0 Å². The normalized spacial score (nSPS) is 21.5. The molecule has 2 aliphatic heterocycles. The van der Waals surface area contributed by atoms with Crippen LogP contribution in [0.3, 0.4) is 0 Å². The zero-order chi connectivity index (χ0) is 17.7. The number of halogens is 1. The Hall–Kier alpha value is -3.03. The van der Waals surface area contributed by atoms with E-state index < -0.39 is 6.17 Å². The monoisotopic (exact) mass is 352 g/mol. The molecule has 0 saturated heterocycles. The minimum absolute atomic E-state index is 0.0398. The maximum Gasteiger partial charge on any atom is 0.299 e. The Bertz CT molecular complexity index is 965. The Morgan fingerprint density at radius 2 is 2.00 bits per heavy atom. The van der Waals surface area contributed by atoms with Gasteiger partial charge in [-0.1, -0.05) is 30.3 Å². The Morgan fingerprint density at radius 1 is 1.15 bits per heavy atom. The number of amides is 1. The van der Waals surface area contributed by atoms with Crippen molar-refractivity contribution >= 4 is 11.7 Å². The van der Waals surface area contributed by atoms with Crippen LogP contribution in [0.5, 0.6) is 0 Å². The van der Waals surface area contributed by atoms with Crippen LogP contribution in [0.1, 0.15) is 47.1 Å². The van der Waals surface area contributed by atoms with Gasteiger partial charge < -0.3 is 0 Å². The Morgan fingerprint density at radius 3 is 2.85 bits per heavy atom. The molecular weight excluding hydrogens is 335 g/mol. The Balaban J connectivity index is 1.50. The summed E-state index contributed by atoms with van der Waals surface area (Å²) in [5.41, 5.74) is 0.967. The van der Waals surface area contributed by atoms with Crippen LogP contribution in [0.15, 0.2) is 42.6 Å². The molecule has 1 aromatic carbocycles. The van der Waals surface area contributed by atoms with Crippen molar-refractivity contribution in [2.24, 2.45) is 0 Å². The average molecular weight is 352 g/mol. The van der Waals surface area contributed by atoms with Crippen molar-refractivity contribution in [2.75, 3.05) is 11.4 Å². The maximum atomic E-state index is 14.5. The lowest BCUT2D eigenvalue weighted by atomic mass is 10.0. The maximum absolute atomic E-state index is 14.5. The molecule has 3 aromatic rings. The van der Waals surface area contributed by atoms with Gasteiger partial charge in [-0.25, -0.2) is 18.7 Å². The van der Waals surface area contributed by atoms with Crippen molar-refractivity contribution in [3.63, 3.8) is 0 Å². The van der Waals surface area contributed by atoms with E-state index in [0.29, 0.717) is 13.0 Å². The number of rotatable bonds is 2. The molecule has 0 saturated carbocycles. The van der Waals surface area contributed by atoms with Gasteiger partial charge >= 0.3 is 0 Å². The summed E-state index contributed by atoms with van der Waals surface area (Å²) >= 11 is 0. The molecule has 4 heterocycles. The third-order valence-electron chi connectivity index (χ3n) is 5.01. The first-order valence-electron chi connectivity index (χ1n) is 8.71. The highest BCUT2D eigenvalue weighted by Gasteiger charge is 2.37. The highest BCUT2D eigenvalue weighted by Crippen LogP contribution is 2.39. The number of fused-ring (bicyclic) bond motifs is 2. The topological polar surface area (TPSA) is 68.8 Å². The summed E-state index contributed by atoms with van der Waals surface area (Å²) in [6.45, 7) is 1.36. The van der Waals surface area contributed by atoms with Gasteiger partial charge in [-0.2, -0.15) is 5.10 Å². The molecule has 7 nitrogen and oxygen atoms in total. The molecule has 0 radical (unpaired) electrons. The number of carbonyl (C=O) groups is 1. The van der Waals surface area contributed by atoms with Gasteiger partial charge in [0.15, 0.2) is 12.0 Å². The second kappa shape index (κ2) is 5.76. The number of aryl methyl sites for hydroxylation is 1. The molecule has 2 aromatic heterocycles. The molecule has 132 valence electrons. The molecule has 5 rings (SSSR count). The van der Waals surface area contributed by atoms with Crippen LogP contribution in [0, 0.1) is 0 Å². The summed E-state index contributed by atoms with van der Waals surface area (Å²) in [4.78, 5) is 18.8. The lowest BCUT2D eigenvalue weighted by molar-refractivity contribution is 0.0970. The quantitative estimate of drug-likeness (QED) is 0.711. The van der Waals surface area contributed by atoms with Crippen molar-refractivity contribution < 1.29 is 9.18 Å². The summed E-state index contributed by atoms with van der Waals surface area (Å²) in [6, 6.07) is 11.2. The lowest BCUT2D eigenvalue weighted by Crippen LogP contribution is -2.38. The largest absolute Gasteiger partial charge is 0.299 e. The van der Waals surface area contributed by atoms with E-state index in [4.69, 9.17) is 0 Å². The second-order valence-corrected chi connectivity index (χ2v) is 6.59. The van der Waals surface area contributed by atoms with Crippen molar-refractivity contribution in [1.29, 1.82) is 0 Å². The molecule has 2 aliphatic rings. The van der Waals surface area contributed by atoms with Crippen molar-refractivity contribution in [3.8, 4) is 0 Å². The number of hydrogen-bond donors (Lipinski definition) is 0. The molecule has 2 atom stereocenters. The summed E-state index contributed by atoms with van der Waals surface area (Å²) in [5.74, 6) is 0.686. The molecular formula is C18H17FN6O. The minimum Gasteiger partial charge on any atom is -0.290 e. The number of alkyl halides is 1. The number of aromatic nitrogens is 5. The SMILES string of the molecule is O=C(c1nc2n(n1)C(c1ccccc1)CC2F)N1CCCn2nccc21. The van der Waals surface area contributed by atoms with E-state index in [9.17, 15) is 9.18 Å². The first kappa shape index (κ1) is 15.2. The number of hydrogen-bond acceptors (Lipinski definition) is 4. The van der Waals surface area contributed by atoms with Crippen LogP contribution in [-0.2, 0) is 6.54 Å². The first-order valence-corrected chi connectivity index (χ1v) is 8.71. The molecule has 0 N–H and O–H groups in total. The zero-order valence-corrected chi connectivity index (χ0v) is 14.0. The van der Waals surface area contributed by atoms with Crippen LogP contribution in [0.2, 0.25) is 0 Å². The van der Waals surface area contributed by atoms with E-state index in [1.807, 2.05) is 30.3 Å². The third kappa shape index (κ3) is 2.25. The molecule has 1 amide bonds. The molecule has 0 fully saturated rings. The van der Waals surface area contributed by atoms with E-state index in [2.05, 4.69) is 15.2 Å². The Kier molecular flexibility index (Phi) is 3.37. The number of carbonyl (C=O) groups excluding carboxylic acids is 1. The van der Waals surface area contributed by atoms with E-state index in [1.165, 1.54) is 0 Å². The van der Waals surface area contributed by atoms with Gasteiger partial charge in [0.05, 0.1) is 12.2 Å². The van der Waals surface area contributed by atoms with E-state index >= 15 is 0 Å². The summed E-state index contributed by atoms with van der Waals surface area (Å²) < 4.78 is 17.8. The zero-order valence-electron chi connectivity index (χ0n) is 14.0. The lowest BCUT2D eigenvalue weighted by Gasteiger charge is -2.26. The predicted molar refractivity (Wildman–Crippen MR) is 91.6 cm³/mol. The van der Waals surface area contributed by atoms with Crippen molar-refractivity contribution in [2.45, 2.75) is 31.6 Å². The molecule has 0 spiro atoms.